The number of aryl methyl sites for hydroxylation is 1. The minimum absolute atomic E-state index is 0.0510. The minimum Gasteiger partial charge on any atom is -0.268 e. The van der Waals surface area contributed by atoms with Crippen LogP contribution in [0.4, 0.5) is 15.8 Å². The Hall–Kier alpha value is -3.01. The summed E-state index contributed by atoms with van der Waals surface area (Å²) in [7, 11) is 0. The molecule has 0 aliphatic carbocycles. The monoisotopic (exact) mass is 482 g/mol. The lowest BCUT2D eigenvalue weighted by molar-refractivity contribution is -0.387. The zero-order valence-electron chi connectivity index (χ0n) is 16.7. The first-order valence-electron chi connectivity index (χ1n) is 9.38. The molecule has 160 valence electrons. The second-order valence-electron chi connectivity index (χ2n) is 6.90. The number of thioether (sulfide) groups is 1. The third-order valence-electron chi connectivity index (χ3n) is 4.59. The number of carbonyl (C=O) groups is 1. The number of hydrogen-bond acceptors (Lipinski definition) is 6. The third kappa shape index (κ3) is 4.74. The van der Waals surface area contributed by atoms with Crippen molar-refractivity contribution < 1.29 is 14.1 Å². The van der Waals surface area contributed by atoms with Gasteiger partial charge in [0.15, 0.2) is 4.32 Å². The summed E-state index contributed by atoms with van der Waals surface area (Å²) in [6.45, 7) is 1.97. The van der Waals surface area contributed by atoms with Gasteiger partial charge in [0.2, 0.25) is 0 Å². The van der Waals surface area contributed by atoms with Crippen molar-refractivity contribution in [3.05, 3.63) is 98.7 Å². The zero-order chi connectivity index (χ0) is 22.8. The van der Waals surface area contributed by atoms with Crippen LogP contribution >= 0.6 is 35.7 Å². The lowest BCUT2D eigenvalue weighted by Crippen LogP contribution is -2.27. The molecule has 4 rings (SSSR count). The van der Waals surface area contributed by atoms with Gasteiger partial charge >= 0.3 is 0 Å². The van der Waals surface area contributed by atoms with Crippen molar-refractivity contribution in [3.63, 3.8) is 0 Å². The molecule has 0 spiro atoms. The number of benzene rings is 3. The molecule has 0 atom stereocenters. The molecule has 32 heavy (non-hydrogen) atoms. The Morgan fingerprint density at radius 2 is 1.88 bits per heavy atom. The van der Waals surface area contributed by atoms with Gasteiger partial charge in [-0.3, -0.25) is 19.8 Å². The van der Waals surface area contributed by atoms with Gasteiger partial charge in [-0.2, -0.15) is 0 Å². The average Bonchev–Trinajstić information content (AvgIpc) is 3.03. The smallest absolute Gasteiger partial charge is 0.268 e. The van der Waals surface area contributed by atoms with Crippen LogP contribution in [0.2, 0.25) is 0 Å². The van der Waals surface area contributed by atoms with Gasteiger partial charge in [0.05, 0.1) is 20.4 Å². The molecule has 3 aromatic carbocycles. The molecule has 0 bridgehead atoms. The van der Waals surface area contributed by atoms with Crippen LogP contribution in [0.25, 0.3) is 6.08 Å². The number of carbonyl (C=O) groups excluding carboxylic acids is 1. The minimum atomic E-state index is -0.474. The van der Waals surface area contributed by atoms with Crippen molar-refractivity contribution in [1.29, 1.82) is 0 Å². The molecule has 1 saturated heterocycles. The maximum atomic E-state index is 13.6. The van der Waals surface area contributed by atoms with Crippen LogP contribution in [-0.4, -0.2) is 15.2 Å². The van der Waals surface area contributed by atoms with Crippen LogP contribution in [0.1, 0.15) is 11.1 Å². The fourth-order valence-corrected chi connectivity index (χ4v) is 5.24. The first-order valence-corrected chi connectivity index (χ1v) is 11.4. The maximum absolute atomic E-state index is 13.6. The molecule has 1 amide bonds. The summed E-state index contributed by atoms with van der Waals surface area (Å²) >= 11 is 7.67. The summed E-state index contributed by atoms with van der Waals surface area (Å²) in [5, 5.41) is 11.7. The van der Waals surface area contributed by atoms with E-state index in [0.29, 0.717) is 21.1 Å². The standard InChI is InChI=1S/C23H15FN2O3S3/c1-14-5-8-18(9-6-14)31-20-10-7-15(11-19(20)26(28)29)12-21-22(27)25(23(30)32-21)17-4-2-3-16(24)13-17/h2-13H,1H3/b21-12+. The Balaban J connectivity index is 1.63. The normalized spacial score (nSPS) is 14.9. The van der Waals surface area contributed by atoms with Crippen molar-refractivity contribution in [3.8, 4) is 0 Å². The van der Waals surface area contributed by atoms with E-state index in [1.165, 1.54) is 40.9 Å². The Kier molecular flexibility index (Phi) is 6.40. The number of nitro groups is 1. The molecule has 3 aromatic rings. The van der Waals surface area contributed by atoms with E-state index < -0.39 is 16.6 Å². The Morgan fingerprint density at radius 1 is 1.12 bits per heavy atom. The zero-order valence-corrected chi connectivity index (χ0v) is 19.1. The van der Waals surface area contributed by atoms with E-state index in [9.17, 15) is 19.3 Å². The van der Waals surface area contributed by atoms with Gasteiger partial charge < -0.3 is 0 Å². The quantitative estimate of drug-likeness (QED) is 0.177. The predicted molar refractivity (Wildman–Crippen MR) is 130 cm³/mol. The van der Waals surface area contributed by atoms with Crippen molar-refractivity contribution >= 4 is 63.4 Å². The van der Waals surface area contributed by atoms with E-state index >= 15 is 0 Å². The van der Waals surface area contributed by atoms with Gasteiger partial charge in [0.25, 0.3) is 11.6 Å². The van der Waals surface area contributed by atoms with Crippen LogP contribution in [0.15, 0.2) is 81.4 Å². The maximum Gasteiger partial charge on any atom is 0.283 e. The number of rotatable bonds is 5. The van der Waals surface area contributed by atoms with Crippen molar-refractivity contribution in [2.45, 2.75) is 16.7 Å². The van der Waals surface area contributed by atoms with Gasteiger partial charge in [-0.25, -0.2) is 4.39 Å². The van der Waals surface area contributed by atoms with E-state index in [1.54, 1.807) is 24.3 Å². The van der Waals surface area contributed by atoms with Crippen molar-refractivity contribution in [2.24, 2.45) is 0 Å². The second kappa shape index (κ2) is 9.23. The molecule has 1 heterocycles. The van der Waals surface area contributed by atoms with Gasteiger partial charge in [0.1, 0.15) is 5.82 Å². The van der Waals surface area contributed by atoms with Gasteiger partial charge in [0, 0.05) is 11.0 Å². The Bertz CT molecular complexity index is 1280. The average molecular weight is 483 g/mol. The van der Waals surface area contributed by atoms with Crippen LogP contribution in [0.3, 0.4) is 0 Å². The van der Waals surface area contributed by atoms with Crippen molar-refractivity contribution in [2.75, 3.05) is 4.90 Å². The van der Waals surface area contributed by atoms with Gasteiger partial charge in [-0.1, -0.05) is 65.6 Å². The Morgan fingerprint density at radius 3 is 2.56 bits per heavy atom. The lowest BCUT2D eigenvalue weighted by atomic mass is 10.2. The fourth-order valence-electron chi connectivity index (χ4n) is 3.04. The molecule has 9 heteroatoms. The van der Waals surface area contributed by atoms with Gasteiger partial charge in [-0.05, 0) is 55.0 Å². The van der Waals surface area contributed by atoms with E-state index in [4.69, 9.17) is 12.2 Å². The number of amides is 1. The molecule has 5 nitrogen and oxygen atoms in total. The molecule has 0 unspecified atom stereocenters. The summed E-state index contributed by atoms with van der Waals surface area (Å²) in [5.41, 5.74) is 1.90. The highest BCUT2D eigenvalue weighted by Gasteiger charge is 2.33. The lowest BCUT2D eigenvalue weighted by Gasteiger charge is -2.14. The number of anilines is 1. The van der Waals surface area contributed by atoms with E-state index in [2.05, 4.69) is 0 Å². The van der Waals surface area contributed by atoms with Crippen LogP contribution in [0, 0.1) is 22.9 Å². The van der Waals surface area contributed by atoms with E-state index in [1.807, 2.05) is 31.2 Å². The summed E-state index contributed by atoms with van der Waals surface area (Å²) in [4.78, 5) is 27.1. The molecule has 0 N–H and O–H groups in total. The second-order valence-corrected chi connectivity index (χ2v) is 9.69. The number of thiocarbonyl (C=S) groups is 1. The summed E-state index contributed by atoms with van der Waals surface area (Å²) in [5.74, 6) is -0.871. The first kappa shape index (κ1) is 22.2. The molecular weight excluding hydrogens is 467 g/mol. The molecular formula is C23H15FN2O3S3. The first-order chi connectivity index (χ1) is 15.3. The predicted octanol–water partition coefficient (Wildman–Crippen LogP) is 6.60. The molecule has 0 aromatic heterocycles. The Labute approximate surface area is 197 Å². The number of halogens is 1. The number of nitrogens with zero attached hydrogens (tertiary/aromatic N) is 2. The molecule has 0 radical (unpaired) electrons. The van der Waals surface area contributed by atoms with Crippen LogP contribution < -0.4 is 4.90 Å². The highest BCUT2D eigenvalue weighted by Crippen LogP contribution is 2.39. The van der Waals surface area contributed by atoms with E-state index in [0.717, 1.165) is 22.2 Å². The SMILES string of the molecule is Cc1ccc(Sc2ccc(/C=C3/SC(=S)N(c4cccc(F)c4)C3=O)cc2[N+](=O)[O-])cc1. The van der Waals surface area contributed by atoms with Crippen LogP contribution in [-0.2, 0) is 4.79 Å². The molecule has 1 aliphatic heterocycles. The van der Waals surface area contributed by atoms with E-state index in [-0.39, 0.29) is 10.0 Å². The van der Waals surface area contributed by atoms with Crippen molar-refractivity contribution in [1.82, 2.24) is 0 Å². The summed E-state index contributed by atoms with van der Waals surface area (Å²) in [6, 6.07) is 18.2. The highest BCUT2D eigenvalue weighted by atomic mass is 32.2. The largest absolute Gasteiger partial charge is 0.283 e. The number of nitro benzene ring substituents is 1. The van der Waals surface area contributed by atoms with Crippen LogP contribution in [0.5, 0.6) is 0 Å². The molecule has 1 fully saturated rings. The fraction of sp³-hybridized carbons (Fsp3) is 0.0435. The van der Waals surface area contributed by atoms with Gasteiger partial charge in [-0.15, -0.1) is 0 Å². The summed E-state index contributed by atoms with van der Waals surface area (Å²) < 4.78 is 13.9. The third-order valence-corrected chi connectivity index (χ3v) is 6.96. The molecule has 1 aliphatic rings. The highest BCUT2D eigenvalue weighted by molar-refractivity contribution is 8.27. The number of hydrogen-bond donors (Lipinski definition) is 0. The molecule has 0 saturated carbocycles. The topological polar surface area (TPSA) is 63.5 Å². The summed E-state index contributed by atoms with van der Waals surface area (Å²) in [6.07, 6.45) is 1.56.